The van der Waals surface area contributed by atoms with Gasteiger partial charge in [0.1, 0.15) is 24.6 Å². The Kier molecular flexibility index (Phi) is 6.17. The fraction of sp³-hybridized carbons (Fsp3) is 0.316. The Hall–Kier alpha value is -2.22. The van der Waals surface area contributed by atoms with Crippen LogP contribution in [0.15, 0.2) is 53.4 Å². The number of Topliss-reactive ketones (excluding diaryl/α,β-unsaturated/α-hetero) is 1. The zero-order chi connectivity index (χ0) is 19.4. The highest BCUT2D eigenvalue weighted by atomic mass is 32.2. The van der Waals surface area contributed by atoms with Crippen LogP contribution in [0.5, 0.6) is 5.75 Å². The maximum absolute atomic E-state index is 12.0. The van der Waals surface area contributed by atoms with Crippen LogP contribution in [0.1, 0.15) is 29.8 Å². The second-order valence-corrected chi connectivity index (χ2v) is 7.97. The van der Waals surface area contributed by atoms with Crippen molar-refractivity contribution in [2.24, 2.45) is 0 Å². The number of hydrogen-bond acceptors (Lipinski definition) is 6. The SMILES string of the molecule is Cc1ccc(S(=O)(=O)OCCOc2ccc(C(=O)C(C)(C)O)cc2)cc1. The van der Waals surface area contributed by atoms with Gasteiger partial charge in [0.2, 0.25) is 0 Å². The van der Waals surface area contributed by atoms with Gasteiger partial charge >= 0.3 is 0 Å². The molecule has 26 heavy (non-hydrogen) atoms. The lowest BCUT2D eigenvalue weighted by atomic mass is 9.97. The first kappa shape index (κ1) is 20.1. The van der Waals surface area contributed by atoms with Crippen molar-refractivity contribution in [2.45, 2.75) is 31.3 Å². The minimum atomic E-state index is -3.82. The van der Waals surface area contributed by atoms with Crippen molar-refractivity contribution < 1.29 is 27.2 Å². The molecule has 0 aromatic heterocycles. The van der Waals surface area contributed by atoms with E-state index in [-0.39, 0.29) is 18.1 Å². The number of benzene rings is 2. The van der Waals surface area contributed by atoms with Gasteiger partial charge in [-0.05, 0) is 57.2 Å². The van der Waals surface area contributed by atoms with Crippen molar-refractivity contribution in [2.75, 3.05) is 13.2 Å². The summed E-state index contributed by atoms with van der Waals surface area (Å²) in [5, 5.41) is 9.71. The highest BCUT2D eigenvalue weighted by Crippen LogP contribution is 2.17. The second-order valence-electron chi connectivity index (χ2n) is 6.35. The highest BCUT2D eigenvalue weighted by molar-refractivity contribution is 7.86. The number of ketones is 1. The average Bonchev–Trinajstić information content (AvgIpc) is 2.58. The fourth-order valence-electron chi connectivity index (χ4n) is 2.13. The van der Waals surface area contributed by atoms with Crippen molar-refractivity contribution in [3.63, 3.8) is 0 Å². The van der Waals surface area contributed by atoms with E-state index in [2.05, 4.69) is 0 Å². The van der Waals surface area contributed by atoms with Crippen LogP contribution in [0.25, 0.3) is 0 Å². The first-order chi connectivity index (χ1) is 12.1. The third kappa shape index (κ3) is 5.39. The van der Waals surface area contributed by atoms with Gasteiger partial charge in [-0.25, -0.2) is 0 Å². The first-order valence-corrected chi connectivity index (χ1v) is 9.46. The molecule has 0 radical (unpaired) electrons. The van der Waals surface area contributed by atoms with Gasteiger partial charge < -0.3 is 9.84 Å². The molecule has 0 aliphatic rings. The highest BCUT2D eigenvalue weighted by Gasteiger charge is 2.25. The molecule has 6 nitrogen and oxygen atoms in total. The minimum absolute atomic E-state index is 0.0316. The van der Waals surface area contributed by atoms with Crippen LogP contribution in [0.2, 0.25) is 0 Å². The third-order valence-electron chi connectivity index (χ3n) is 3.57. The molecule has 1 N–H and O–H groups in total. The minimum Gasteiger partial charge on any atom is -0.491 e. The van der Waals surface area contributed by atoms with Crippen molar-refractivity contribution >= 4 is 15.9 Å². The van der Waals surface area contributed by atoms with Crippen LogP contribution in [-0.2, 0) is 14.3 Å². The maximum atomic E-state index is 12.0. The smallest absolute Gasteiger partial charge is 0.297 e. The van der Waals surface area contributed by atoms with E-state index < -0.39 is 21.5 Å². The average molecular weight is 378 g/mol. The molecule has 0 spiro atoms. The molecule has 140 valence electrons. The van der Waals surface area contributed by atoms with Crippen LogP contribution >= 0.6 is 0 Å². The molecule has 2 aromatic rings. The number of carbonyl (C=O) groups excluding carboxylic acids is 1. The summed E-state index contributed by atoms with van der Waals surface area (Å²) in [4.78, 5) is 12.0. The van der Waals surface area contributed by atoms with E-state index in [1.807, 2.05) is 6.92 Å². The molecule has 0 unspecified atom stereocenters. The molecule has 0 aliphatic heterocycles. The van der Waals surface area contributed by atoms with Crippen LogP contribution in [0.4, 0.5) is 0 Å². The van der Waals surface area contributed by atoms with Gasteiger partial charge in [0.25, 0.3) is 10.1 Å². The molecule has 0 aliphatic carbocycles. The molecule has 2 rings (SSSR count). The Morgan fingerprint density at radius 2 is 1.58 bits per heavy atom. The Balaban J connectivity index is 1.86. The summed E-state index contributed by atoms with van der Waals surface area (Å²) >= 11 is 0. The summed E-state index contributed by atoms with van der Waals surface area (Å²) in [6.07, 6.45) is 0. The molecular formula is C19H22O6S. The van der Waals surface area contributed by atoms with E-state index in [4.69, 9.17) is 8.92 Å². The van der Waals surface area contributed by atoms with Crippen LogP contribution in [-0.4, -0.2) is 38.1 Å². The van der Waals surface area contributed by atoms with Crippen LogP contribution < -0.4 is 4.74 Å². The van der Waals surface area contributed by atoms with E-state index >= 15 is 0 Å². The van der Waals surface area contributed by atoms with Gasteiger partial charge in [-0.2, -0.15) is 8.42 Å². The van der Waals surface area contributed by atoms with E-state index in [0.29, 0.717) is 11.3 Å². The van der Waals surface area contributed by atoms with E-state index in [1.165, 1.54) is 26.0 Å². The number of ether oxygens (including phenoxy) is 1. The Morgan fingerprint density at radius 1 is 1.00 bits per heavy atom. The predicted molar refractivity (Wildman–Crippen MR) is 96.9 cm³/mol. The molecule has 0 heterocycles. The summed E-state index contributed by atoms with van der Waals surface area (Å²) in [5.74, 6) is 0.0743. The number of aryl methyl sites for hydroxylation is 1. The zero-order valence-corrected chi connectivity index (χ0v) is 15.7. The Labute approximate surface area is 153 Å². The standard InChI is InChI=1S/C19H22O6S/c1-14-4-10-17(11-5-14)26(22,23)25-13-12-24-16-8-6-15(7-9-16)18(20)19(2,3)21/h4-11,21H,12-13H2,1-3H3. The zero-order valence-electron chi connectivity index (χ0n) is 14.9. The predicted octanol–water partition coefficient (Wildman–Crippen LogP) is 2.73. The van der Waals surface area contributed by atoms with Crippen molar-refractivity contribution in [3.8, 4) is 5.75 Å². The van der Waals surface area contributed by atoms with Crippen LogP contribution in [0.3, 0.4) is 0 Å². The molecule has 0 saturated heterocycles. The molecule has 0 atom stereocenters. The number of rotatable bonds is 8. The van der Waals surface area contributed by atoms with Gasteiger partial charge in [0.05, 0.1) is 4.90 Å². The largest absolute Gasteiger partial charge is 0.491 e. The summed E-state index contributed by atoms with van der Waals surface area (Å²) < 4.78 is 34.4. The summed E-state index contributed by atoms with van der Waals surface area (Å²) in [6.45, 7) is 4.60. The fourth-order valence-corrected chi connectivity index (χ4v) is 3.02. The Bertz CT molecular complexity index is 846. The van der Waals surface area contributed by atoms with Gasteiger partial charge in [0.15, 0.2) is 5.78 Å². The number of hydrogen-bond donors (Lipinski definition) is 1. The van der Waals surface area contributed by atoms with E-state index in [0.717, 1.165) is 5.56 Å². The Morgan fingerprint density at radius 3 is 2.12 bits per heavy atom. The second kappa shape index (κ2) is 7.99. The van der Waals surface area contributed by atoms with Gasteiger partial charge in [-0.3, -0.25) is 8.98 Å². The molecule has 0 fully saturated rings. The molecule has 2 aromatic carbocycles. The summed E-state index contributed by atoms with van der Waals surface area (Å²) in [5.41, 5.74) is -0.123. The monoisotopic (exact) mass is 378 g/mol. The van der Waals surface area contributed by atoms with Crippen molar-refractivity contribution in [1.29, 1.82) is 0 Å². The lowest BCUT2D eigenvalue weighted by Gasteiger charge is -2.15. The van der Waals surface area contributed by atoms with Gasteiger partial charge in [-0.1, -0.05) is 17.7 Å². The molecule has 0 saturated carbocycles. The lowest BCUT2D eigenvalue weighted by Crippen LogP contribution is -2.30. The summed E-state index contributed by atoms with van der Waals surface area (Å²) in [7, 11) is -3.82. The molecular weight excluding hydrogens is 356 g/mol. The van der Waals surface area contributed by atoms with Gasteiger partial charge in [-0.15, -0.1) is 0 Å². The number of aliphatic hydroxyl groups is 1. The molecule has 0 bridgehead atoms. The van der Waals surface area contributed by atoms with Gasteiger partial charge in [0, 0.05) is 5.56 Å². The molecule has 0 amide bonds. The van der Waals surface area contributed by atoms with Crippen molar-refractivity contribution in [1.82, 2.24) is 0 Å². The van der Waals surface area contributed by atoms with E-state index in [9.17, 15) is 18.3 Å². The maximum Gasteiger partial charge on any atom is 0.297 e. The number of carbonyl (C=O) groups is 1. The summed E-state index contributed by atoms with van der Waals surface area (Å²) in [6, 6.07) is 12.6. The lowest BCUT2D eigenvalue weighted by molar-refractivity contribution is 0.0488. The quantitative estimate of drug-likeness (QED) is 0.432. The normalized spacial score (nSPS) is 12.0. The van der Waals surface area contributed by atoms with E-state index in [1.54, 1.807) is 36.4 Å². The molecule has 7 heteroatoms. The van der Waals surface area contributed by atoms with Crippen molar-refractivity contribution in [3.05, 3.63) is 59.7 Å². The third-order valence-corrected chi connectivity index (χ3v) is 4.90. The first-order valence-electron chi connectivity index (χ1n) is 8.06. The van der Waals surface area contributed by atoms with Crippen LogP contribution in [0, 0.1) is 6.92 Å². The topological polar surface area (TPSA) is 89.9 Å².